The number of carbonyl (C=O) groups excluding carboxylic acids is 1. The van der Waals surface area contributed by atoms with E-state index in [0.29, 0.717) is 59.6 Å². The Bertz CT molecular complexity index is 1160. The number of rotatable bonds is 10. The van der Waals surface area contributed by atoms with Crippen molar-refractivity contribution in [3.05, 3.63) is 47.7 Å². The molecule has 0 saturated heterocycles. The van der Waals surface area contributed by atoms with Crippen LogP contribution in [0.2, 0.25) is 0 Å². The summed E-state index contributed by atoms with van der Waals surface area (Å²) in [5.74, 6) is 3.22. The Morgan fingerprint density at radius 3 is 2.09 bits per heavy atom. The molecule has 1 amide bonds. The second-order valence-electron chi connectivity index (χ2n) is 7.94. The Morgan fingerprint density at radius 1 is 0.882 bits per heavy atom. The number of methoxy groups -OCH3 is 5. The molecule has 0 spiro atoms. The fourth-order valence-corrected chi connectivity index (χ4v) is 3.94. The minimum Gasteiger partial charge on any atom is -0.493 e. The highest BCUT2D eigenvalue weighted by Gasteiger charge is 2.53. The Morgan fingerprint density at radius 2 is 1.53 bits per heavy atom. The first-order valence-electron chi connectivity index (χ1n) is 10.8. The van der Waals surface area contributed by atoms with Crippen LogP contribution in [0, 0.1) is 0 Å². The molecule has 1 aliphatic rings. The highest BCUT2D eigenvalue weighted by Crippen LogP contribution is 2.49. The quantitative estimate of drug-likeness (QED) is 0.480. The second kappa shape index (κ2) is 9.54. The van der Waals surface area contributed by atoms with Gasteiger partial charge in [0.15, 0.2) is 28.8 Å². The second-order valence-corrected chi connectivity index (χ2v) is 7.94. The summed E-state index contributed by atoms with van der Waals surface area (Å²) >= 11 is 0. The predicted molar refractivity (Wildman–Crippen MR) is 124 cm³/mol. The van der Waals surface area contributed by atoms with Crippen LogP contribution in [-0.4, -0.2) is 46.6 Å². The molecule has 9 nitrogen and oxygen atoms in total. The van der Waals surface area contributed by atoms with Crippen molar-refractivity contribution in [2.24, 2.45) is 0 Å². The van der Waals surface area contributed by atoms with E-state index in [2.05, 4.69) is 10.5 Å². The number of aromatic nitrogens is 1. The number of benzene rings is 2. The average Bonchev–Trinajstić information content (AvgIpc) is 3.54. The van der Waals surface area contributed by atoms with Gasteiger partial charge in [-0.2, -0.15) is 0 Å². The van der Waals surface area contributed by atoms with Crippen LogP contribution < -0.4 is 29.0 Å². The minimum absolute atomic E-state index is 0.103. The average molecular weight is 469 g/mol. The van der Waals surface area contributed by atoms with Crippen LogP contribution in [0.4, 0.5) is 0 Å². The highest BCUT2D eigenvalue weighted by molar-refractivity contribution is 5.91. The number of hydrogen-bond acceptors (Lipinski definition) is 8. The van der Waals surface area contributed by atoms with Crippen molar-refractivity contribution in [2.75, 3.05) is 35.5 Å². The largest absolute Gasteiger partial charge is 0.493 e. The zero-order valence-electron chi connectivity index (χ0n) is 19.9. The summed E-state index contributed by atoms with van der Waals surface area (Å²) in [5, 5.41) is 7.23. The molecule has 0 atom stereocenters. The molecule has 1 aromatic heterocycles. The molecule has 2 aromatic carbocycles. The number of nitrogens with zero attached hydrogens (tertiary/aromatic N) is 1. The highest BCUT2D eigenvalue weighted by atomic mass is 16.5. The molecule has 1 heterocycles. The first-order chi connectivity index (χ1) is 16.5. The molecule has 0 unspecified atom stereocenters. The summed E-state index contributed by atoms with van der Waals surface area (Å²) in [7, 11) is 7.81. The van der Waals surface area contributed by atoms with Gasteiger partial charge in [0.1, 0.15) is 0 Å². The van der Waals surface area contributed by atoms with Crippen LogP contribution in [-0.2, 0) is 16.8 Å². The maximum Gasteiger partial charge on any atom is 0.232 e. The van der Waals surface area contributed by atoms with Crippen molar-refractivity contribution >= 4 is 5.91 Å². The van der Waals surface area contributed by atoms with Gasteiger partial charge in [-0.3, -0.25) is 4.79 Å². The topological polar surface area (TPSA) is 101 Å². The third-order valence-corrected chi connectivity index (χ3v) is 6.03. The van der Waals surface area contributed by atoms with E-state index in [9.17, 15) is 4.79 Å². The third-order valence-electron chi connectivity index (χ3n) is 6.03. The lowest BCUT2D eigenvalue weighted by molar-refractivity contribution is -0.123. The molecule has 1 aliphatic carbocycles. The Balaban J connectivity index is 1.50. The van der Waals surface area contributed by atoms with Gasteiger partial charge in [0.05, 0.1) is 46.7 Å². The minimum atomic E-state index is -0.695. The van der Waals surface area contributed by atoms with E-state index in [-0.39, 0.29) is 5.91 Å². The summed E-state index contributed by atoms with van der Waals surface area (Å²) in [4.78, 5) is 13.1. The molecule has 1 fully saturated rings. The molecule has 4 rings (SSSR count). The summed E-state index contributed by atoms with van der Waals surface area (Å²) in [6.07, 6.45) is 1.40. The third kappa shape index (κ3) is 4.21. The van der Waals surface area contributed by atoms with Crippen LogP contribution in [0.1, 0.15) is 24.1 Å². The van der Waals surface area contributed by atoms with E-state index < -0.39 is 5.41 Å². The summed E-state index contributed by atoms with van der Waals surface area (Å²) in [6.45, 7) is 0.303. The molecule has 0 bridgehead atoms. The summed E-state index contributed by atoms with van der Waals surface area (Å²) < 4.78 is 32.4. The maximum absolute atomic E-state index is 13.1. The molecule has 180 valence electrons. The predicted octanol–water partition coefficient (Wildman–Crippen LogP) is 3.73. The van der Waals surface area contributed by atoms with Gasteiger partial charge in [-0.25, -0.2) is 0 Å². The fraction of sp³-hybridized carbons (Fsp3) is 0.360. The van der Waals surface area contributed by atoms with Gasteiger partial charge in [-0.05, 0) is 48.7 Å². The Kier molecular flexibility index (Phi) is 6.54. The lowest BCUT2D eigenvalue weighted by atomic mass is 10.00. The normalized spacial score (nSPS) is 13.7. The van der Waals surface area contributed by atoms with Crippen LogP contribution in [0.15, 0.2) is 40.9 Å². The molecule has 34 heavy (non-hydrogen) atoms. The maximum atomic E-state index is 13.1. The molecular formula is C25H28N2O7. The standard InChI is InChI=1S/C25H28N2O7/c1-29-17-7-6-16(12-19(17)30-2)18-13-22(27-34-18)25(8-9-25)24(28)26-14-15-10-20(31-3)23(33-5)21(11-15)32-4/h6-7,10-13H,8-9,14H2,1-5H3,(H,26,28). The Labute approximate surface area is 197 Å². The van der Waals surface area contributed by atoms with Gasteiger partial charge in [0.25, 0.3) is 0 Å². The summed E-state index contributed by atoms with van der Waals surface area (Å²) in [6, 6.07) is 10.9. The van der Waals surface area contributed by atoms with E-state index >= 15 is 0 Å². The molecule has 3 aromatic rings. The number of amides is 1. The smallest absolute Gasteiger partial charge is 0.232 e. The molecule has 9 heteroatoms. The van der Waals surface area contributed by atoms with Gasteiger partial charge in [-0.1, -0.05) is 5.16 Å². The number of nitrogens with one attached hydrogen (secondary N) is 1. The number of ether oxygens (including phenoxy) is 5. The van der Waals surface area contributed by atoms with Crippen molar-refractivity contribution in [2.45, 2.75) is 24.8 Å². The fourth-order valence-electron chi connectivity index (χ4n) is 3.94. The SMILES string of the molecule is COc1ccc(-c2cc(C3(C(=O)NCc4cc(OC)c(OC)c(OC)c4)CC3)no2)cc1OC. The van der Waals surface area contributed by atoms with Crippen LogP contribution in [0.3, 0.4) is 0 Å². The zero-order chi connectivity index (χ0) is 24.3. The lowest BCUT2D eigenvalue weighted by Gasteiger charge is -2.16. The molecule has 0 radical (unpaired) electrons. The van der Waals surface area contributed by atoms with E-state index in [0.717, 1.165) is 11.1 Å². The van der Waals surface area contributed by atoms with Crippen molar-refractivity contribution in [3.8, 4) is 40.1 Å². The van der Waals surface area contributed by atoms with Crippen LogP contribution in [0.25, 0.3) is 11.3 Å². The van der Waals surface area contributed by atoms with Gasteiger partial charge in [-0.15, -0.1) is 0 Å². The van der Waals surface area contributed by atoms with Crippen LogP contribution >= 0.6 is 0 Å². The first kappa shape index (κ1) is 23.3. The van der Waals surface area contributed by atoms with Gasteiger partial charge >= 0.3 is 0 Å². The van der Waals surface area contributed by atoms with Gasteiger partial charge in [0, 0.05) is 18.2 Å². The van der Waals surface area contributed by atoms with Crippen molar-refractivity contribution in [1.82, 2.24) is 10.5 Å². The first-order valence-corrected chi connectivity index (χ1v) is 10.8. The summed E-state index contributed by atoms with van der Waals surface area (Å²) in [5.41, 5.74) is 1.52. The molecule has 1 N–H and O–H groups in total. The van der Waals surface area contributed by atoms with Crippen LogP contribution in [0.5, 0.6) is 28.7 Å². The van der Waals surface area contributed by atoms with E-state index in [1.54, 1.807) is 41.6 Å². The van der Waals surface area contributed by atoms with E-state index in [4.69, 9.17) is 28.2 Å². The van der Waals surface area contributed by atoms with Crippen molar-refractivity contribution in [3.63, 3.8) is 0 Å². The van der Waals surface area contributed by atoms with Crippen molar-refractivity contribution < 1.29 is 33.0 Å². The van der Waals surface area contributed by atoms with Gasteiger partial charge < -0.3 is 33.5 Å². The number of hydrogen-bond donors (Lipinski definition) is 1. The number of carbonyl (C=O) groups is 1. The van der Waals surface area contributed by atoms with E-state index in [1.807, 2.05) is 30.3 Å². The monoisotopic (exact) mass is 468 g/mol. The molecule has 0 aliphatic heterocycles. The van der Waals surface area contributed by atoms with E-state index in [1.165, 1.54) is 0 Å². The lowest BCUT2D eigenvalue weighted by Crippen LogP contribution is -2.34. The zero-order valence-corrected chi connectivity index (χ0v) is 19.9. The van der Waals surface area contributed by atoms with Crippen molar-refractivity contribution in [1.29, 1.82) is 0 Å². The Hall–Kier alpha value is -3.88. The van der Waals surface area contributed by atoms with Gasteiger partial charge in [0.2, 0.25) is 11.7 Å². The molecular weight excluding hydrogens is 440 g/mol. The molecule has 1 saturated carbocycles.